The van der Waals surface area contributed by atoms with Crippen LogP contribution >= 0.6 is 0 Å². The van der Waals surface area contributed by atoms with Gasteiger partial charge in [-0.3, -0.25) is 14.4 Å². The van der Waals surface area contributed by atoms with Gasteiger partial charge in [0.1, 0.15) is 11.5 Å². The molecule has 2 aliphatic rings. The number of carbonyl (C=O) groups excluding carboxylic acids is 3. The Morgan fingerprint density at radius 3 is 2.46 bits per heavy atom. The second-order valence-corrected chi connectivity index (χ2v) is 6.70. The predicted molar refractivity (Wildman–Crippen MR) is 93.1 cm³/mol. The third-order valence-electron chi connectivity index (χ3n) is 5.30. The number of ether oxygens (including phenoxy) is 2. The molecule has 140 valence electrons. The summed E-state index contributed by atoms with van der Waals surface area (Å²) >= 11 is 0. The number of likely N-dealkylation sites (tertiary alicyclic amines) is 1. The summed E-state index contributed by atoms with van der Waals surface area (Å²) in [5.41, 5.74) is 5.77. The van der Waals surface area contributed by atoms with Crippen LogP contribution < -0.4 is 25.0 Å². The van der Waals surface area contributed by atoms with Gasteiger partial charge in [-0.05, 0) is 12.1 Å². The molecule has 0 aliphatic carbocycles. The molecule has 0 saturated carbocycles. The van der Waals surface area contributed by atoms with Gasteiger partial charge in [-0.25, -0.2) is 4.90 Å². The fourth-order valence-electron chi connectivity index (χ4n) is 3.80. The van der Waals surface area contributed by atoms with Crippen LogP contribution in [0, 0.1) is 5.92 Å². The third-order valence-corrected chi connectivity index (χ3v) is 5.30. The Bertz CT molecular complexity index is 728. The molecule has 2 aliphatic heterocycles. The average molecular weight is 362 g/mol. The number of hydrogen-bond acceptors (Lipinski definition) is 5. The van der Waals surface area contributed by atoms with E-state index in [1.165, 1.54) is 19.1 Å². The van der Waals surface area contributed by atoms with Gasteiger partial charge < -0.3 is 20.1 Å². The molecule has 1 aromatic rings. The fourth-order valence-corrected chi connectivity index (χ4v) is 3.80. The van der Waals surface area contributed by atoms with Crippen LogP contribution in [-0.2, 0) is 14.4 Å². The van der Waals surface area contributed by atoms with Crippen LogP contribution in [0.5, 0.6) is 11.5 Å². The lowest BCUT2D eigenvalue weighted by Crippen LogP contribution is -3.17. The standard InChI is InChI=1S/C18H23N3O5/c1-25-12-3-4-15(26-2)13(9-12)21-16(22)10-14(18(21)24)20-7-5-11(6-8-20)17(19)23/h3-4,9,11,14H,5-8,10H2,1-2H3,(H2,19,23)/p+1/t14-/m1/s1. The van der Waals surface area contributed by atoms with Crippen LogP contribution in [0.3, 0.4) is 0 Å². The number of hydrogen-bond donors (Lipinski definition) is 2. The zero-order valence-corrected chi connectivity index (χ0v) is 15.0. The minimum atomic E-state index is -0.438. The zero-order chi connectivity index (χ0) is 18.8. The number of nitrogens with one attached hydrogen (secondary N) is 1. The summed E-state index contributed by atoms with van der Waals surface area (Å²) in [4.78, 5) is 39.1. The first kappa shape index (κ1) is 18.2. The van der Waals surface area contributed by atoms with Crippen LogP contribution in [0.15, 0.2) is 18.2 Å². The van der Waals surface area contributed by atoms with E-state index >= 15 is 0 Å². The van der Waals surface area contributed by atoms with Crippen LogP contribution in [-0.4, -0.2) is 51.1 Å². The van der Waals surface area contributed by atoms with Crippen molar-refractivity contribution in [1.29, 1.82) is 0 Å². The Hall–Kier alpha value is -2.61. The lowest BCUT2D eigenvalue weighted by Gasteiger charge is -2.30. The molecule has 0 bridgehead atoms. The quantitative estimate of drug-likeness (QED) is 0.662. The van der Waals surface area contributed by atoms with Crippen molar-refractivity contribution < 1.29 is 28.8 Å². The maximum atomic E-state index is 13.0. The minimum absolute atomic E-state index is 0.138. The van der Waals surface area contributed by atoms with Gasteiger partial charge in [0.15, 0.2) is 6.04 Å². The van der Waals surface area contributed by atoms with Gasteiger partial charge >= 0.3 is 0 Å². The molecule has 26 heavy (non-hydrogen) atoms. The minimum Gasteiger partial charge on any atom is -0.497 e. The van der Waals surface area contributed by atoms with Crippen LogP contribution in [0.25, 0.3) is 0 Å². The number of rotatable bonds is 5. The summed E-state index contributed by atoms with van der Waals surface area (Å²) in [5.74, 6) is 0.0568. The first-order chi connectivity index (χ1) is 12.5. The monoisotopic (exact) mass is 362 g/mol. The SMILES string of the molecule is COc1ccc(OC)c(N2C(=O)C[C@@H]([NH+]3CCC(C(N)=O)CC3)C2=O)c1. The molecule has 0 unspecified atom stereocenters. The number of quaternary nitrogens is 1. The molecule has 2 fully saturated rings. The van der Waals surface area contributed by atoms with E-state index in [-0.39, 0.29) is 30.1 Å². The van der Waals surface area contributed by atoms with E-state index in [1.807, 2.05) is 0 Å². The Morgan fingerprint density at radius 2 is 1.88 bits per heavy atom. The van der Waals surface area contributed by atoms with Crippen molar-refractivity contribution in [1.82, 2.24) is 0 Å². The summed E-state index contributed by atoms with van der Waals surface area (Å²) in [6, 6.07) is 4.58. The summed E-state index contributed by atoms with van der Waals surface area (Å²) < 4.78 is 10.5. The van der Waals surface area contributed by atoms with E-state index < -0.39 is 6.04 Å². The Balaban J connectivity index is 1.81. The van der Waals surface area contributed by atoms with Crippen molar-refractivity contribution in [3.8, 4) is 11.5 Å². The van der Waals surface area contributed by atoms with E-state index in [4.69, 9.17) is 15.2 Å². The van der Waals surface area contributed by atoms with Crippen molar-refractivity contribution >= 4 is 23.4 Å². The van der Waals surface area contributed by atoms with Crippen molar-refractivity contribution in [2.45, 2.75) is 25.3 Å². The van der Waals surface area contributed by atoms with E-state index in [9.17, 15) is 14.4 Å². The number of carbonyl (C=O) groups is 3. The number of piperidine rings is 1. The molecule has 8 heteroatoms. The molecule has 0 aromatic heterocycles. The lowest BCUT2D eigenvalue weighted by molar-refractivity contribution is -0.920. The van der Waals surface area contributed by atoms with Gasteiger partial charge in [0.25, 0.3) is 5.91 Å². The lowest BCUT2D eigenvalue weighted by atomic mass is 9.95. The molecule has 2 saturated heterocycles. The van der Waals surface area contributed by atoms with Crippen LogP contribution in [0.1, 0.15) is 19.3 Å². The number of anilines is 1. The smallest absolute Gasteiger partial charge is 0.292 e. The van der Waals surface area contributed by atoms with E-state index in [2.05, 4.69) is 0 Å². The molecule has 3 amide bonds. The topological polar surface area (TPSA) is 103 Å². The molecule has 3 rings (SSSR count). The summed E-state index contributed by atoms with van der Waals surface area (Å²) in [6.45, 7) is 1.31. The van der Waals surface area contributed by atoms with Gasteiger partial charge in [-0.1, -0.05) is 0 Å². The number of nitrogens with two attached hydrogens (primary N) is 1. The Morgan fingerprint density at radius 1 is 1.19 bits per heavy atom. The number of primary amides is 1. The number of amides is 3. The highest BCUT2D eigenvalue weighted by Gasteiger charge is 2.47. The summed E-state index contributed by atoms with van der Waals surface area (Å²) in [5, 5.41) is 0. The van der Waals surface area contributed by atoms with Gasteiger partial charge in [-0.15, -0.1) is 0 Å². The highest BCUT2D eigenvalue weighted by Crippen LogP contribution is 2.35. The Labute approximate surface area is 151 Å². The first-order valence-corrected chi connectivity index (χ1v) is 8.69. The van der Waals surface area contributed by atoms with Crippen LogP contribution in [0.2, 0.25) is 0 Å². The molecule has 3 N–H and O–H groups in total. The van der Waals surface area contributed by atoms with Gasteiger partial charge in [0.05, 0.1) is 39.4 Å². The molecule has 0 radical (unpaired) electrons. The molecule has 1 atom stereocenters. The first-order valence-electron chi connectivity index (χ1n) is 8.69. The maximum Gasteiger partial charge on any atom is 0.292 e. The molecule has 8 nitrogen and oxygen atoms in total. The number of imide groups is 1. The summed E-state index contributed by atoms with van der Waals surface area (Å²) in [6.07, 6.45) is 1.44. The van der Waals surface area contributed by atoms with Crippen molar-refractivity contribution in [2.24, 2.45) is 11.7 Å². The van der Waals surface area contributed by atoms with Crippen LogP contribution in [0.4, 0.5) is 5.69 Å². The van der Waals surface area contributed by atoms with E-state index in [1.54, 1.807) is 18.2 Å². The maximum absolute atomic E-state index is 13.0. The molecule has 0 spiro atoms. The second-order valence-electron chi connectivity index (χ2n) is 6.70. The highest BCUT2D eigenvalue weighted by atomic mass is 16.5. The number of methoxy groups -OCH3 is 2. The van der Waals surface area contributed by atoms with Crippen molar-refractivity contribution in [3.05, 3.63) is 18.2 Å². The zero-order valence-electron chi connectivity index (χ0n) is 15.0. The normalized spacial score (nSPS) is 26.1. The van der Waals surface area contributed by atoms with Gasteiger partial charge in [0.2, 0.25) is 11.8 Å². The van der Waals surface area contributed by atoms with Crippen molar-refractivity contribution in [3.63, 3.8) is 0 Å². The number of benzene rings is 1. The predicted octanol–water partition coefficient (Wildman–Crippen LogP) is -0.884. The molecular formula is C18H24N3O5+. The molecule has 2 heterocycles. The molecule has 1 aromatic carbocycles. The number of nitrogens with zero attached hydrogens (tertiary/aromatic N) is 1. The largest absolute Gasteiger partial charge is 0.497 e. The van der Waals surface area contributed by atoms with E-state index in [0.717, 1.165) is 4.90 Å². The third kappa shape index (κ3) is 3.24. The fraction of sp³-hybridized carbons (Fsp3) is 0.500. The van der Waals surface area contributed by atoms with Crippen molar-refractivity contribution in [2.75, 3.05) is 32.2 Å². The molecular weight excluding hydrogens is 338 g/mol. The average Bonchev–Trinajstić information content (AvgIpc) is 2.95. The summed E-state index contributed by atoms with van der Waals surface area (Å²) in [7, 11) is 3.02. The highest BCUT2D eigenvalue weighted by molar-refractivity contribution is 6.22. The second kappa shape index (κ2) is 7.33. The Kier molecular flexibility index (Phi) is 5.13. The van der Waals surface area contributed by atoms with Gasteiger partial charge in [-0.2, -0.15) is 0 Å². The van der Waals surface area contributed by atoms with E-state index in [0.29, 0.717) is 43.1 Å². The van der Waals surface area contributed by atoms with Gasteiger partial charge in [0, 0.05) is 24.8 Å².